The van der Waals surface area contributed by atoms with Crippen molar-refractivity contribution in [3.05, 3.63) is 35.1 Å². The Labute approximate surface area is 98.3 Å². The highest BCUT2D eigenvalue weighted by Gasteiger charge is 2.47. The third-order valence-electron chi connectivity index (χ3n) is 2.58. The summed E-state index contributed by atoms with van der Waals surface area (Å²) in [5.41, 5.74) is 2.96. The zero-order valence-electron chi connectivity index (χ0n) is 9.97. The van der Waals surface area contributed by atoms with Crippen LogP contribution in [0.25, 0.3) is 0 Å². The summed E-state index contributed by atoms with van der Waals surface area (Å²) < 4.78 is 40.9. The minimum atomic E-state index is -3.54. The Morgan fingerprint density at radius 3 is 2.18 bits per heavy atom. The van der Waals surface area contributed by atoms with E-state index in [4.69, 9.17) is 5.73 Å². The second-order valence-corrected chi connectivity index (χ2v) is 4.70. The average molecular weight is 247 g/mol. The predicted molar refractivity (Wildman–Crippen MR) is 59.2 cm³/mol. The van der Waals surface area contributed by atoms with Gasteiger partial charge in [0.15, 0.2) is 0 Å². The van der Waals surface area contributed by atoms with Gasteiger partial charge in [-0.3, -0.25) is 0 Å². The molecule has 1 aromatic carbocycles. The number of rotatable bonds is 3. The summed E-state index contributed by atoms with van der Waals surface area (Å²) in [4.78, 5) is 0. The third kappa shape index (κ3) is 2.79. The van der Waals surface area contributed by atoms with Gasteiger partial charge >= 0.3 is 5.92 Å². The van der Waals surface area contributed by atoms with Gasteiger partial charge in [0.25, 0.3) is 0 Å². The van der Waals surface area contributed by atoms with Gasteiger partial charge < -0.3 is 10.8 Å². The molecule has 0 fully saturated rings. The van der Waals surface area contributed by atoms with Gasteiger partial charge in [0.1, 0.15) is 11.4 Å². The fourth-order valence-electron chi connectivity index (χ4n) is 1.41. The molecule has 0 aromatic heterocycles. The standard InChI is InChI=1S/C12H16F3NO/c1-7(16)8-4-9(6-10(13)5-8)12(14,15)11(2,3)17/h4-7,17H,16H2,1-3H3/t7-/m1/s1. The van der Waals surface area contributed by atoms with Gasteiger partial charge in [0.2, 0.25) is 0 Å². The minimum absolute atomic E-state index is 0.268. The maximum absolute atomic E-state index is 13.8. The van der Waals surface area contributed by atoms with Crippen molar-refractivity contribution in [2.75, 3.05) is 0 Å². The van der Waals surface area contributed by atoms with E-state index in [2.05, 4.69) is 0 Å². The molecule has 0 bridgehead atoms. The molecular formula is C12H16F3NO. The topological polar surface area (TPSA) is 46.2 Å². The van der Waals surface area contributed by atoms with Crippen LogP contribution >= 0.6 is 0 Å². The normalized spacial score (nSPS) is 14.8. The van der Waals surface area contributed by atoms with E-state index in [1.807, 2.05) is 0 Å². The first-order valence-corrected chi connectivity index (χ1v) is 5.22. The van der Waals surface area contributed by atoms with E-state index in [0.29, 0.717) is 6.07 Å². The molecule has 1 rings (SSSR count). The van der Waals surface area contributed by atoms with Crippen LogP contribution in [0.2, 0.25) is 0 Å². The SMILES string of the molecule is C[C@@H](N)c1cc(F)cc(C(F)(F)C(C)(C)O)c1. The molecule has 0 radical (unpaired) electrons. The Hall–Kier alpha value is -1.07. The zero-order valence-corrected chi connectivity index (χ0v) is 9.97. The van der Waals surface area contributed by atoms with Crippen molar-refractivity contribution in [3.63, 3.8) is 0 Å². The second-order valence-electron chi connectivity index (χ2n) is 4.70. The quantitative estimate of drug-likeness (QED) is 0.862. The lowest BCUT2D eigenvalue weighted by Gasteiger charge is -2.29. The Bertz CT molecular complexity index is 411. The summed E-state index contributed by atoms with van der Waals surface area (Å²) in [7, 11) is 0. The fourth-order valence-corrected chi connectivity index (χ4v) is 1.41. The maximum Gasteiger partial charge on any atom is 0.300 e. The van der Waals surface area contributed by atoms with E-state index in [9.17, 15) is 18.3 Å². The van der Waals surface area contributed by atoms with Crippen molar-refractivity contribution < 1.29 is 18.3 Å². The molecule has 2 nitrogen and oxygen atoms in total. The highest BCUT2D eigenvalue weighted by molar-refractivity contribution is 5.31. The summed E-state index contributed by atoms with van der Waals surface area (Å²) in [5.74, 6) is -4.34. The zero-order chi connectivity index (χ0) is 13.4. The van der Waals surface area contributed by atoms with E-state index in [1.165, 1.54) is 0 Å². The van der Waals surface area contributed by atoms with Gasteiger partial charge in [0, 0.05) is 11.6 Å². The largest absolute Gasteiger partial charge is 0.384 e. The average Bonchev–Trinajstić information content (AvgIpc) is 2.14. The molecule has 5 heteroatoms. The van der Waals surface area contributed by atoms with Crippen molar-refractivity contribution in [3.8, 4) is 0 Å². The van der Waals surface area contributed by atoms with Crippen molar-refractivity contribution in [2.45, 2.75) is 38.3 Å². The molecule has 0 aliphatic carbocycles. The molecule has 0 saturated heterocycles. The van der Waals surface area contributed by atoms with Crippen molar-refractivity contribution >= 4 is 0 Å². The smallest absolute Gasteiger partial charge is 0.300 e. The molecular weight excluding hydrogens is 231 g/mol. The fraction of sp³-hybridized carbons (Fsp3) is 0.500. The molecule has 1 aromatic rings. The van der Waals surface area contributed by atoms with Crippen LogP contribution in [0, 0.1) is 5.82 Å². The monoisotopic (exact) mass is 247 g/mol. The van der Waals surface area contributed by atoms with Crippen molar-refractivity contribution in [1.82, 2.24) is 0 Å². The number of halogens is 3. The van der Waals surface area contributed by atoms with Crippen LogP contribution in [0.3, 0.4) is 0 Å². The number of aliphatic hydroxyl groups is 1. The summed E-state index contributed by atoms with van der Waals surface area (Å²) in [6.45, 7) is 3.52. The lowest BCUT2D eigenvalue weighted by molar-refractivity contribution is -0.168. The molecule has 0 saturated carbocycles. The van der Waals surface area contributed by atoms with Gasteiger partial charge in [-0.2, -0.15) is 8.78 Å². The van der Waals surface area contributed by atoms with E-state index < -0.39 is 28.9 Å². The first kappa shape index (κ1) is 14.0. The van der Waals surface area contributed by atoms with E-state index >= 15 is 0 Å². The molecule has 1 atom stereocenters. The Morgan fingerprint density at radius 1 is 1.24 bits per heavy atom. The second kappa shape index (κ2) is 4.31. The van der Waals surface area contributed by atoms with Crippen LogP contribution in [0.15, 0.2) is 18.2 Å². The maximum atomic E-state index is 13.8. The third-order valence-corrected chi connectivity index (χ3v) is 2.58. The molecule has 0 heterocycles. The van der Waals surface area contributed by atoms with E-state index in [0.717, 1.165) is 26.0 Å². The highest BCUT2D eigenvalue weighted by atomic mass is 19.3. The molecule has 17 heavy (non-hydrogen) atoms. The Balaban J connectivity index is 3.32. The lowest BCUT2D eigenvalue weighted by Crippen LogP contribution is -2.40. The van der Waals surface area contributed by atoms with Gasteiger partial charge in [-0.05, 0) is 44.5 Å². The van der Waals surface area contributed by atoms with Gasteiger partial charge in [0.05, 0.1) is 0 Å². The number of alkyl halides is 2. The van der Waals surface area contributed by atoms with Gasteiger partial charge in [-0.25, -0.2) is 4.39 Å². The first-order valence-electron chi connectivity index (χ1n) is 5.22. The van der Waals surface area contributed by atoms with Crippen molar-refractivity contribution in [1.29, 1.82) is 0 Å². The lowest BCUT2D eigenvalue weighted by atomic mass is 9.91. The van der Waals surface area contributed by atoms with Gasteiger partial charge in [-0.1, -0.05) is 0 Å². The first-order chi connectivity index (χ1) is 7.55. The van der Waals surface area contributed by atoms with Crippen LogP contribution in [0.5, 0.6) is 0 Å². The number of hydrogen-bond acceptors (Lipinski definition) is 2. The number of benzene rings is 1. The van der Waals surface area contributed by atoms with Crippen LogP contribution < -0.4 is 5.73 Å². The van der Waals surface area contributed by atoms with Crippen LogP contribution in [-0.4, -0.2) is 10.7 Å². The molecule has 0 spiro atoms. The number of hydrogen-bond donors (Lipinski definition) is 2. The van der Waals surface area contributed by atoms with Gasteiger partial charge in [-0.15, -0.1) is 0 Å². The summed E-state index contributed by atoms with van der Waals surface area (Å²) in [6, 6.07) is 2.38. The number of nitrogens with two attached hydrogens (primary N) is 1. The minimum Gasteiger partial charge on any atom is -0.384 e. The molecule has 3 N–H and O–H groups in total. The summed E-state index contributed by atoms with van der Waals surface area (Å²) in [6.07, 6.45) is 0. The summed E-state index contributed by atoms with van der Waals surface area (Å²) in [5, 5.41) is 9.42. The van der Waals surface area contributed by atoms with E-state index in [-0.39, 0.29) is 5.56 Å². The van der Waals surface area contributed by atoms with Crippen LogP contribution in [0.4, 0.5) is 13.2 Å². The van der Waals surface area contributed by atoms with Crippen molar-refractivity contribution in [2.24, 2.45) is 5.73 Å². The molecule has 96 valence electrons. The molecule has 0 aliphatic heterocycles. The molecule has 0 amide bonds. The molecule has 0 unspecified atom stereocenters. The van der Waals surface area contributed by atoms with E-state index in [1.54, 1.807) is 6.92 Å². The Kier molecular flexibility index (Phi) is 3.55. The highest BCUT2D eigenvalue weighted by Crippen LogP contribution is 2.39. The Morgan fingerprint density at radius 2 is 1.76 bits per heavy atom. The predicted octanol–water partition coefficient (Wildman–Crippen LogP) is 2.71. The van der Waals surface area contributed by atoms with Crippen LogP contribution in [-0.2, 0) is 5.92 Å². The van der Waals surface area contributed by atoms with Crippen LogP contribution in [0.1, 0.15) is 37.9 Å². The molecule has 0 aliphatic rings. The summed E-state index contributed by atoms with van der Waals surface area (Å²) >= 11 is 0.